The fourth-order valence-corrected chi connectivity index (χ4v) is 1.17. The standard InChI is InChI=1S/C13H19N3O2/c1-10-11(16-9-15-10)7-5-6-8-14-12(17)18-13(2,3)4/h9H,6,8H2,1-4H3,(H,14,17)(H,15,16). The van der Waals surface area contributed by atoms with Crippen LogP contribution in [0.4, 0.5) is 4.79 Å². The number of hydrogen-bond donors (Lipinski definition) is 2. The number of aromatic amines is 1. The Labute approximate surface area is 107 Å². The average Bonchev–Trinajstić information content (AvgIpc) is 2.61. The Hall–Kier alpha value is -1.96. The van der Waals surface area contributed by atoms with Crippen LogP contribution in [-0.2, 0) is 4.74 Å². The molecule has 0 spiro atoms. The molecular formula is C13H19N3O2. The van der Waals surface area contributed by atoms with Gasteiger partial charge in [0.2, 0.25) is 0 Å². The van der Waals surface area contributed by atoms with Crippen LogP contribution < -0.4 is 5.32 Å². The molecule has 1 heterocycles. The van der Waals surface area contributed by atoms with Gasteiger partial charge in [-0.3, -0.25) is 0 Å². The first kappa shape index (κ1) is 14.1. The third kappa shape index (κ3) is 5.39. The number of aromatic nitrogens is 2. The molecule has 18 heavy (non-hydrogen) atoms. The number of alkyl carbamates (subject to hydrolysis) is 1. The fourth-order valence-electron chi connectivity index (χ4n) is 1.17. The molecule has 0 bridgehead atoms. The third-order valence-corrected chi connectivity index (χ3v) is 1.95. The molecule has 0 aliphatic heterocycles. The topological polar surface area (TPSA) is 67.0 Å². The van der Waals surface area contributed by atoms with Gasteiger partial charge in [0.25, 0.3) is 0 Å². The Morgan fingerprint density at radius 1 is 1.56 bits per heavy atom. The van der Waals surface area contributed by atoms with Gasteiger partial charge in [0, 0.05) is 18.7 Å². The molecule has 0 aromatic carbocycles. The molecule has 98 valence electrons. The van der Waals surface area contributed by atoms with Crippen LogP contribution in [0.25, 0.3) is 0 Å². The lowest BCUT2D eigenvalue weighted by Crippen LogP contribution is -2.32. The van der Waals surface area contributed by atoms with Gasteiger partial charge in [-0.2, -0.15) is 0 Å². The normalized spacial score (nSPS) is 10.4. The lowest BCUT2D eigenvalue weighted by molar-refractivity contribution is 0.0529. The highest BCUT2D eigenvalue weighted by molar-refractivity contribution is 5.67. The zero-order chi connectivity index (χ0) is 13.6. The van der Waals surface area contributed by atoms with E-state index in [0.717, 1.165) is 11.4 Å². The molecule has 0 atom stereocenters. The molecule has 1 rings (SSSR count). The third-order valence-electron chi connectivity index (χ3n) is 1.95. The number of H-pyrrole nitrogens is 1. The van der Waals surface area contributed by atoms with Gasteiger partial charge in [-0.25, -0.2) is 9.78 Å². The van der Waals surface area contributed by atoms with Crippen molar-refractivity contribution in [2.24, 2.45) is 0 Å². The van der Waals surface area contributed by atoms with Crippen molar-refractivity contribution in [3.8, 4) is 11.8 Å². The quantitative estimate of drug-likeness (QED) is 0.622. The molecule has 0 radical (unpaired) electrons. The van der Waals surface area contributed by atoms with E-state index in [4.69, 9.17) is 4.74 Å². The number of ether oxygens (including phenoxy) is 1. The van der Waals surface area contributed by atoms with Crippen molar-refractivity contribution in [1.29, 1.82) is 0 Å². The van der Waals surface area contributed by atoms with Crippen molar-refractivity contribution in [2.75, 3.05) is 6.54 Å². The molecule has 0 fully saturated rings. The van der Waals surface area contributed by atoms with Crippen molar-refractivity contribution in [1.82, 2.24) is 15.3 Å². The van der Waals surface area contributed by atoms with E-state index >= 15 is 0 Å². The van der Waals surface area contributed by atoms with Crippen LogP contribution in [0.1, 0.15) is 38.6 Å². The Morgan fingerprint density at radius 2 is 2.28 bits per heavy atom. The van der Waals surface area contributed by atoms with Gasteiger partial charge in [-0.1, -0.05) is 5.92 Å². The Morgan fingerprint density at radius 3 is 2.83 bits per heavy atom. The van der Waals surface area contributed by atoms with Gasteiger partial charge < -0.3 is 15.0 Å². The largest absolute Gasteiger partial charge is 0.444 e. The van der Waals surface area contributed by atoms with Crippen LogP contribution in [0, 0.1) is 18.8 Å². The molecule has 0 unspecified atom stereocenters. The lowest BCUT2D eigenvalue weighted by Gasteiger charge is -2.19. The van der Waals surface area contributed by atoms with E-state index in [2.05, 4.69) is 27.1 Å². The molecule has 5 nitrogen and oxygen atoms in total. The van der Waals surface area contributed by atoms with E-state index in [-0.39, 0.29) is 0 Å². The number of nitrogens with zero attached hydrogens (tertiary/aromatic N) is 1. The van der Waals surface area contributed by atoms with Crippen LogP contribution >= 0.6 is 0 Å². The smallest absolute Gasteiger partial charge is 0.407 e. The number of rotatable bonds is 2. The van der Waals surface area contributed by atoms with Crippen LogP contribution in [0.3, 0.4) is 0 Å². The van der Waals surface area contributed by atoms with E-state index in [1.165, 1.54) is 0 Å². The van der Waals surface area contributed by atoms with Gasteiger partial charge in [-0.15, -0.1) is 0 Å². The molecule has 0 aliphatic carbocycles. The maximum atomic E-state index is 11.3. The highest BCUT2D eigenvalue weighted by Gasteiger charge is 2.15. The summed E-state index contributed by atoms with van der Waals surface area (Å²) >= 11 is 0. The van der Waals surface area contributed by atoms with Gasteiger partial charge in [-0.05, 0) is 33.6 Å². The number of nitrogens with one attached hydrogen (secondary N) is 2. The van der Waals surface area contributed by atoms with Crippen LogP contribution in [0.15, 0.2) is 6.33 Å². The van der Waals surface area contributed by atoms with Crippen molar-refractivity contribution in [3.05, 3.63) is 17.7 Å². The lowest BCUT2D eigenvalue weighted by atomic mass is 10.2. The SMILES string of the molecule is Cc1[nH]cnc1C#CCCNC(=O)OC(C)(C)C. The molecule has 5 heteroatoms. The highest BCUT2D eigenvalue weighted by atomic mass is 16.6. The van der Waals surface area contributed by atoms with E-state index in [1.54, 1.807) is 6.33 Å². The summed E-state index contributed by atoms with van der Waals surface area (Å²) in [6.07, 6.45) is 1.75. The zero-order valence-corrected chi connectivity index (χ0v) is 11.3. The van der Waals surface area contributed by atoms with E-state index in [0.29, 0.717) is 13.0 Å². The summed E-state index contributed by atoms with van der Waals surface area (Å²) in [7, 11) is 0. The maximum absolute atomic E-state index is 11.3. The second kappa shape index (κ2) is 6.10. The first-order valence-electron chi connectivity index (χ1n) is 5.84. The predicted molar refractivity (Wildman–Crippen MR) is 69.1 cm³/mol. The number of carbonyl (C=O) groups excluding carboxylic acids is 1. The van der Waals surface area contributed by atoms with Crippen molar-refractivity contribution >= 4 is 6.09 Å². The molecule has 0 saturated carbocycles. The van der Waals surface area contributed by atoms with Gasteiger partial charge in [0.1, 0.15) is 11.3 Å². The number of amides is 1. The number of imidazole rings is 1. The summed E-state index contributed by atoms with van der Waals surface area (Å²) in [6, 6.07) is 0. The Balaban J connectivity index is 2.26. The van der Waals surface area contributed by atoms with Gasteiger partial charge in [0.15, 0.2) is 0 Å². The summed E-state index contributed by atoms with van der Waals surface area (Å²) in [5, 5.41) is 2.64. The Bertz CT molecular complexity index is 461. The van der Waals surface area contributed by atoms with Gasteiger partial charge >= 0.3 is 6.09 Å². The van der Waals surface area contributed by atoms with E-state index < -0.39 is 11.7 Å². The summed E-state index contributed by atoms with van der Waals surface area (Å²) in [5.41, 5.74) is 1.22. The number of hydrogen-bond acceptors (Lipinski definition) is 3. The second-order valence-electron chi connectivity index (χ2n) is 4.86. The summed E-state index contributed by atoms with van der Waals surface area (Å²) in [4.78, 5) is 18.3. The minimum atomic E-state index is -0.470. The second-order valence-corrected chi connectivity index (χ2v) is 4.86. The Kier molecular flexibility index (Phi) is 4.78. The minimum absolute atomic E-state index is 0.416. The highest BCUT2D eigenvalue weighted by Crippen LogP contribution is 2.06. The van der Waals surface area contributed by atoms with Crippen LogP contribution in [0.2, 0.25) is 0 Å². The monoisotopic (exact) mass is 249 g/mol. The number of aryl methyl sites for hydroxylation is 1. The van der Waals surface area contributed by atoms with Crippen LogP contribution in [0.5, 0.6) is 0 Å². The van der Waals surface area contributed by atoms with Gasteiger partial charge in [0.05, 0.1) is 6.33 Å². The first-order chi connectivity index (χ1) is 8.38. The molecule has 0 aliphatic rings. The molecular weight excluding hydrogens is 230 g/mol. The zero-order valence-electron chi connectivity index (χ0n) is 11.3. The van der Waals surface area contributed by atoms with E-state index in [1.807, 2.05) is 27.7 Å². The molecule has 1 amide bonds. The maximum Gasteiger partial charge on any atom is 0.407 e. The summed E-state index contributed by atoms with van der Waals surface area (Å²) in [5.74, 6) is 5.87. The van der Waals surface area contributed by atoms with Crippen LogP contribution in [-0.4, -0.2) is 28.2 Å². The van der Waals surface area contributed by atoms with Crippen molar-refractivity contribution in [3.63, 3.8) is 0 Å². The summed E-state index contributed by atoms with van der Waals surface area (Å²) in [6.45, 7) is 7.85. The van der Waals surface area contributed by atoms with Crippen molar-refractivity contribution < 1.29 is 9.53 Å². The molecule has 1 aromatic rings. The molecule has 2 N–H and O–H groups in total. The average molecular weight is 249 g/mol. The van der Waals surface area contributed by atoms with E-state index in [9.17, 15) is 4.79 Å². The summed E-state index contributed by atoms with van der Waals surface area (Å²) < 4.78 is 5.09. The minimum Gasteiger partial charge on any atom is -0.444 e. The number of carbonyl (C=O) groups is 1. The molecule has 0 saturated heterocycles. The van der Waals surface area contributed by atoms with Crippen molar-refractivity contribution in [2.45, 2.75) is 39.7 Å². The first-order valence-corrected chi connectivity index (χ1v) is 5.84. The predicted octanol–water partition coefficient (Wildman–Crippen LogP) is 1.98. The molecule has 1 aromatic heterocycles. The fraction of sp³-hybridized carbons (Fsp3) is 0.538.